The van der Waals surface area contributed by atoms with Gasteiger partial charge in [-0.2, -0.15) is 0 Å². The van der Waals surface area contributed by atoms with Crippen molar-refractivity contribution in [2.75, 3.05) is 6.54 Å². The summed E-state index contributed by atoms with van der Waals surface area (Å²) in [6, 6.07) is 5.22. The third-order valence-corrected chi connectivity index (χ3v) is 2.97. The molecule has 5 nitrogen and oxygen atoms in total. The number of amides is 1. The van der Waals surface area contributed by atoms with Gasteiger partial charge >= 0.3 is 0 Å². The first-order valence-corrected chi connectivity index (χ1v) is 6.37. The van der Waals surface area contributed by atoms with E-state index in [1.807, 2.05) is 6.92 Å². The van der Waals surface area contributed by atoms with Gasteiger partial charge in [-0.1, -0.05) is 6.92 Å². The lowest BCUT2D eigenvalue weighted by molar-refractivity contribution is 0.0942. The van der Waals surface area contributed by atoms with Crippen molar-refractivity contribution < 1.29 is 9.90 Å². The molecule has 100 valence electrons. The number of nitrogens with zero attached hydrogens (tertiary/aromatic N) is 2. The van der Waals surface area contributed by atoms with Crippen LogP contribution in [0.5, 0.6) is 0 Å². The molecule has 19 heavy (non-hydrogen) atoms. The van der Waals surface area contributed by atoms with Crippen molar-refractivity contribution >= 4 is 16.9 Å². The quantitative estimate of drug-likeness (QED) is 0.853. The van der Waals surface area contributed by atoms with E-state index in [0.717, 1.165) is 5.52 Å². The number of fused-ring (bicyclic) bond motifs is 1. The van der Waals surface area contributed by atoms with Crippen LogP contribution in [0, 0.1) is 0 Å². The molecule has 0 saturated heterocycles. The molecule has 1 aromatic carbocycles. The molecule has 1 unspecified atom stereocenters. The minimum atomic E-state index is -0.359. The first-order chi connectivity index (χ1) is 9.20. The molecule has 1 atom stereocenters. The van der Waals surface area contributed by atoms with Crippen LogP contribution >= 0.6 is 0 Å². The molecule has 2 aromatic rings. The number of hydrogen-bond acceptors (Lipinski definition) is 4. The zero-order chi connectivity index (χ0) is 13.7. The molecule has 2 N–H and O–H groups in total. The average Bonchev–Trinajstić information content (AvgIpc) is 2.46. The maximum absolute atomic E-state index is 11.9. The highest BCUT2D eigenvalue weighted by Crippen LogP contribution is 2.10. The third kappa shape index (κ3) is 3.48. The number of carbonyl (C=O) groups is 1. The van der Waals surface area contributed by atoms with E-state index in [1.165, 1.54) is 0 Å². The molecule has 1 heterocycles. The summed E-state index contributed by atoms with van der Waals surface area (Å²) in [6.07, 6.45) is 4.12. The highest BCUT2D eigenvalue weighted by Gasteiger charge is 2.07. The van der Waals surface area contributed by atoms with Gasteiger partial charge in [0.05, 0.1) is 17.1 Å². The van der Waals surface area contributed by atoms with Gasteiger partial charge in [-0.05, 0) is 31.0 Å². The SMILES string of the molecule is CCC(O)CCNC(=O)c1ccc2nccnc2c1. The van der Waals surface area contributed by atoms with Crippen molar-refractivity contribution in [1.82, 2.24) is 15.3 Å². The van der Waals surface area contributed by atoms with Gasteiger partial charge in [-0.3, -0.25) is 14.8 Å². The molecule has 1 aromatic heterocycles. The van der Waals surface area contributed by atoms with E-state index in [-0.39, 0.29) is 12.0 Å². The topological polar surface area (TPSA) is 75.1 Å². The highest BCUT2D eigenvalue weighted by atomic mass is 16.3. The zero-order valence-corrected chi connectivity index (χ0v) is 10.8. The average molecular weight is 259 g/mol. The van der Waals surface area contributed by atoms with Crippen LogP contribution in [0.25, 0.3) is 11.0 Å². The van der Waals surface area contributed by atoms with Crippen LogP contribution in [0.4, 0.5) is 0 Å². The molecule has 0 radical (unpaired) electrons. The molecule has 5 heteroatoms. The van der Waals surface area contributed by atoms with Crippen molar-refractivity contribution in [2.24, 2.45) is 0 Å². The van der Waals surface area contributed by atoms with Gasteiger partial charge in [0.2, 0.25) is 0 Å². The second-order valence-corrected chi connectivity index (χ2v) is 4.37. The van der Waals surface area contributed by atoms with E-state index < -0.39 is 0 Å². The number of nitrogens with one attached hydrogen (secondary N) is 1. The maximum atomic E-state index is 11.9. The number of aliphatic hydroxyl groups is 1. The van der Waals surface area contributed by atoms with Gasteiger partial charge in [0.1, 0.15) is 0 Å². The van der Waals surface area contributed by atoms with Gasteiger partial charge in [0.25, 0.3) is 5.91 Å². The Morgan fingerprint density at radius 1 is 1.32 bits per heavy atom. The Bertz CT molecular complexity index is 571. The lowest BCUT2D eigenvalue weighted by atomic mass is 10.1. The summed E-state index contributed by atoms with van der Waals surface area (Å²) >= 11 is 0. The molecule has 0 aliphatic rings. The minimum absolute atomic E-state index is 0.157. The monoisotopic (exact) mass is 259 g/mol. The predicted molar refractivity (Wildman–Crippen MR) is 72.8 cm³/mol. The molecular formula is C14H17N3O2. The zero-order valence-electron chi connectivity index (χ0n) is 10.8. The number of aromatic nitrogens is 2. The highest BCUT2D eigenvalue weighted by molar-refractivity contribution is 5.97. The fourth-order valence-electron chi connectivity index (χ4n) is 1.76. The van der Waals surface area contributed by atoms with Crippen LogP contribution < -0.4 is 5.32 Å². The Balaban J connectivity index is 2.01. The Morgan fingerprint density at radius 2 is 2.05 bits per heavy atom. The van der Waals surface area contributed by atoms with E-state index in [0.29, 0.717) is 30.5 Å². The van der Waals surface area contributed by atoms with E-state index in [2.05, 4.69) is 15.3 Å². The molecule has 0 saturated carbocycles. The van der Waals surface area contributed by atoms with Crippen LogP contribution in [0.3, 0.4) is 0 Å². The summed E-state index contributed by atoms with van der Waals surface area (Å²) in [5.41, 5.74) is 2.02. The first-order valence-electron chi connectivity index (χ1n) is 6.37. The number of rotatable bonds is 5. The number of aliphatic hydroxyl groups excluding tert-OH is 1. The Morgan fingerprint density at radius 3 is 2.79 bits per heavy atom. The summed E-state index contributed by atoms with van der Waals surface area (Å²) < 4.78 is 0. The smallest absolute Gasteiger partial charge is 0.251 e. The van der Waals surface area contributed by atoms with Crippen molar-refractivity contribution in [1.29, 1.82) is 0 Å². The molecule has 1 amide bonds. The number of carbonyl (C=O) groups excluding carboxylic acids is 1. The fourth-order valence-corrected chi connectivity index (χ4v) is 1.76. The largest absolute Gasteiger partial charge is 0.393 e. The minimum Gasteiger partial charge on any atom is -0.393 e. The van der Waals surface area contributed by atoms with Crippen molar-refractivity contribution in [3.8, 4) is 0 Å². The van der Waals surface area contributed by atoms with Crippen molar-refractivity contribution in [3.05, 3.63) is 36.2 Å². The van der Waals surface area contributed by atoms with Crippen molar-refractivity contribution in [2.45, 2.75) is 25.9 Å². The second kappa shape index (κ2) is 6.24. The molecule has 0 bridgehead atoms. The normalized spacial score (nSPS) is 12.3. The Labute approximate surface area is 111 Å². The summed E-state index contributed by atoms with van der Waals surface area (Å²) in [5, 5.41) is 12.2. The summed E-state index contributed by atoms with van der Waals surface area (Å²) in [4.78, 5) is 20.2. The summed E-state index contributed by atoms with van der Waals surface area (Å²) in [5.74, 6) is -0.157. The van der Waals surface area contributed by atoms with Crippen LogP contribution in [-0.4, -0.2) is 33.6 Å². The maximum Gasteiger partial charge on any atom is 0.251 e. The molecule has 0 fully saturated rings. The Kier molecular flexibility index (Phi) is 4.41. The standard InChI is InChI=1S/C14H17N3O2/c1-2-11(18)5-6-17-14(19)10-3-4-12-13(9-10)16-8-7-15-12/h3-4,7-9,11,18H,2,5-6H2,1H3,(H,17,19). The van der Waals surface area contributed by atoms with Gasteiger partial charge < -0.3 is 10.4 Å². The van der Waals surface area contributed by atoms with Gasteiger partial charge in [0.15, 0.2) is 0 Å². The van der Waals surface area contributed by atoms with Crippen molar-refractivity contribution in [3.63, 3.8) is 0 Å². The van der Waals surface area contributed by atoms with Crippen LogP contribution in [0.15, 0.2) is 30.6 Å². The molecule has 0 aliphatic carbocycles. The van der Waals surface area contributed by atoms with Gasteiger partial charge in [-0.25, -0.2) is 0 Å². The lowest BCUT2D eigenvalue weighted by Crippen LogP contribution is -2.27. The molecular weight excluding hydrogens is 242 g/mol. The van der Waals surface area contributed by atoms with Crippen LogP contribution in [0.2, 0.25) is 0 Å². The molecule has 2 rings (SSSR count). The van der Waals surface area contributed by atoms with E-state index >= 15 is 0 Å². The van der Waals surface area contributed by atoms with E-state index in [9.17, 15) is 9.90 Å². The third-order valence-electron chi connectivity index (χ3n) is 2.97. The molecule has 0 spiro atoms. The van der Waals surface area contributed by atoms with Crippen LogP contribution in [0.1, 0.15) is 30.1 Å². The van der Waals surface area contributed by atoms with Gasteiger partial charge in [0, 0.05) is 24.5 Å². The lowest BCUT2D eigenvalue weighted by Gasteiger charge is -2.09. The Hall–Kier alpha value is -2.01. The first kappa shape index (κ1) is 13.4. The summed E-state index contributed by atoms with van der Waals surface area (Å²) in [7, 11) is 0. The predicted octanol–water partition coefficient (Wildman–Crippen LogP) is 1.52. The van der Waals surface area contributed by atoms with Crippen LogP contribution in [-0.2, 0) is 0 Å². The fraction of sp³-hybridized carbons (Fsp3) is 0.357. The number of benzene rings is 1. The van der Waals surface area contributed by atoms with E-state index in [4.69, 9.17) is 0 Å². The number of hydrogen-bond donors (Lipinski definition) is 2. The van der Waals surface area contributed by atoms with E-state index in [1.54, 1.807) is 30.6 Å². The van der Waals surface area contributed by atoms with Gasteiger partial charge in [-0.15, -0.1) is 0 Å². The second-order valence-electron chi connectivity index (χ2n) is 4.37. The summed E-state index contributed by atoms with van der Waals surface area (Å²) in [6.45, 7) is 2.38. The molecule has 0 aliphatic heterocycles.